The van der Waals surface area contributed by atoms with E-state index in [1.165, 1.54) is 0 Å². The number of amides is 1. The number of hydrogen-bond acceptors (Lipinski definition) is 3. The van der Waals surface area contributed by atoms with Crippen LogP contribution in [0.3, 0.4) is 0 Å². The predicted octanol–water partition coefficient (Wildman–Crippen LogP) is 2.21. The highest BCUT2D eigenvalue weighted by atomic mass is 16.5. The van der Waals surface area contributed by atoms with E-state index >= 15 is 0 Å². The zero-order valence-corrected chi connectivity index (χ0v) is 10.7. The molecule has 0 bridgehead atoms. The summed E-state index contributed by atoms with van der Waals surface area (Å²) in [6.07, 6.45) is 0. The molecular weight excluding hydrogens is 240 g/mol. The first-order chi connectivity index (χ1) is 9.20. The van der Waals surface area contributed by atoms with E-state index in [1.807, 2.05) is 24.3 Å². The van der Waals surface area contributed by atoms with Crippen LogP contribution in [0.2, 0.25) is 0 Å². The zero-order valence-electron chi connectivity index (χ0n) is 10.7. The molecular formula is C15H16N2O2. The number of para-hydroxylation sites is 1. The summed E-state index contributed by atoms with van der Waals surface area (Å²) in [5, 5.41) is 2.85. The van der Waals surface area contributed by atoms with Crippen molar-refractivity contribution in [2.24, 2.45) is 0 Å². The molecule has 0 atom stereocenters. The predicted molar refractivity (Wildman–Crippen MR) is 75.0 cm³/mol. The van der Waals surface area contributed by atoms with E-state index in [0.717, 1.165) is 11.3 Å². The van der Waals surface area contributed by atoms with Crippen molar-refractivity contribution in [2.45, 2.75) is 6.54 Å². The Balaban J connectivity index is 2.02. The maximum absolute atomic E-state index is 11.9. The molecule has 0 aliphatic rings. The van der Waals surface area contributed by atoms with Crippen molar-refractivity contribution in [3.63, 3.8) is 0 Å². The van der Waals surface area contributed by atoms with Gasteiger partial charge in [0.05, 0.1) is 7.11 Å². The zero-order chi connectivity index (χ0) is 13.7. The Morgan fingerprint density at radius 1 is 1.16 bits per heavy atom. The van der Waals surface area contributed by atoms with Crippen LogP contribution in [0.4, 0.5) is 5.69 Å². The lowest BCUT2D eigenvalue weighted by atomic mass is 10.1. The summed E-state index contributed by atoms with van der Waals surface area (Å²) in [5.41, 5.74) is 7.75. The normalized spacial score (nSPS) is 9.95. The van der Waals surface area contributed by atoms with E-state index in [0.29, 0.717) is 17.8 Å². The highest BCUT2D eigenvalue weighted by Gasteiger charge is 2.06. The summed E-state index contributed by atoms with van der Waals surface area (Å²) in [7, 11) is 1.61. The van der Waals surface area contributed by atoms with Crippen molar-refractivity contribution in [2.75, 3.05) is 12.8 Å². The Bertz CT molecular complexity index is 565. The lowest BCUT2D eigenvalue weighted by molar-refractivity contribution is 0.0950. The molecule has 0 aliphatic carbocycles. The van der Waals surface area contributed by atoms with Gasteiger partial charge in [-0.2, -0.15) is 0 Å². The first-order valence-corrected chi connectivity index (χ1v) is 5.96. The Hall–Kier alpha value is -2.49. The number of carbonyl (C=O) groups is 1. The third-order valence-corrected chi connectivity index (χ3v) is 2.80. The molecule has 98 valence electrons. The summed E-state index contributed by atoms with van der Waals surface area (Å²) in [6.45, 7) is 0.424. The molecule has 2 aromatic carbocycles. The first-order valence-electron chi connectivity index (χ1n) is 5.96. The molecule has 0 unspecified atom stereocenters. The SMILES string of the molecule is COc1ccccc1CNC(=O)c1ccc(N)cc1. The van der Waals surface area contributed by atoms with Crippen LogP contribution in [-0.4, -0.2) is 13.0 Å². The van der Waals surface area contributed by atoms with E-state index in [9.17, 15) is 4.79 Å². The second kappa shape index (κ2) is 5.91. The topological polar surface area (TPSA) is 64.3 Å². The van der Waals surface area contributed by atoms with Crippen LogP contribution >= 0.6 is 0 Å². The minimum atomic E-state index is -0.133. The maximum Gasteiger partial charge on any atom is 0.251 e. The van der Waals surface area contributed by atoms with Gasteiger partial charge >= 0.3 is 0 Å². The molecule has 4 nitrogen and oxygen atoms in total. The average Bonchev–Trinajstić information content (AvgIpc) is 2.45. The summed E-state index contributed by atoms with van der Waals surface area (Å²) in [4.78, 5) is 11.9. The maximum atomic E-state index is 11.9. The van der Waals surface area contributed by atoms with Crippen LogP contribution in [0, 0.1) is 0 Å². The summed E-state index contributed by atoms with van der Waals surface area (Å²) in [5.74, 6) is 0.631. The van der Waals surface area contributed by atoms with E-state index in [-0.39, 0.29) is 5.91 Å². The van der Waals surface area contributed by atoms with Crippen molar-refractivity contribution in [3.05, 3.63) is 59.7 Å². The van der Waals surface area contributed by atoms with Crippen molar-refractivity contribution < 1.29 is 9.53 Å². The smallest absolute Gasteiger partial charge is 0.251 e. The third-order valence-electron chi connectivity index (χ3n) is 2.80. The van der Waals surface area contributed by atoms with Crippen molar-refractivity contribution in [3.8, 4) is 5.75 Å². The molecule has 0 saturated carbocycles. The number of nitrogens with one attached hydrogen (secondary N) is 1. The lowest BCUT2D eigenvalue weighted by Gasteiger charge is -2.09. The van der Waals surface area contributed by atoms with Gasteiger partial charge in [0.15, 0.2) is 0 Å². The molecule has 1 amide bonds. The van der Waals surface area contributed by atoms with Gasteiger partial charge in [-0.15, -0.1) is 0 Å². The summed E-state index contributed by atoms with van der Waals surface area (Å²) < 4.78 is 5.23. The van der Waals surface area contributed by atoms with Gasteiger partial charge in [-0.3, -0.25) is 4.79 Å². The molecule has 2 aromatic rings. The number of carbonyl (C=O) groups excluding carboxylic acids is 1. The molecule has 0 aromatic heterocycles. The summed E-state index contributed by atoms with van der Waals surface area (Å²) in [6, 6.07) is 14.4. The lowest BCUT2D eigenvalue weighted by Crippen LogP contribution is -2.23. The molecule has 0 fully saturated rings. The van der Waals surface area contributed by atoms with Crippen LogP contribution in [0.25, 0.3) is 0 Å². The number of rotatable bonds is 4. The molecule has 0 heterocycles. The first kappa shape index (κ1) is 13.0. The Morgan fingerprint density at radius 2 is 1.84 bits per heavy atom. The molecule has 0 aliphatic heterocycles. The Labute approximate surface area is 112 Å². The monoisotopic (exact) mass is 256 g/mol. The van der Waals surface area contributed by atoms with E-state index < -0.39 is 0 Å². The Kier molecular flexibility index (Phi) is 4.03. The van der Waals surface area contributed by atoms with Crippen LogP contribution < -0.4 is 15.8 Å². The van der Waals surface area contributed by atoms with Gasteiger partial charge < -0.3 is 15.8 Å². The number of anilines is 1. The highest BCUT2D eigenvalue weighted by molar-refractivity contribution is 5.94. The van der Waals surface area contributed by atoms with Crippen molar-refractivity contribution >= 4 is 11.6 Å². The number of ether oxygens (including phenoxy) is 1. The van der Waals surface area contributed by atoms with Gasteiger partial charge in [0, 0.05) is 23.4 Å². The largest absolute Gasteiger partial charge is 0.496 e. The van der Waals surface area contributed by atoms with Gasteiger partial charge in [0.25, 0.3) is 5.91 Å². The van der Waals surface area contributed by atoms with Gasteiger partial charge in [0.1, 0.15) is 5.75 Å². The molecule has 0 saturated heterocycles. The standard InChI is InChI=1S/C15H16N2O2/c1-19-14-5-3-2-4-12(14)10-17-15(18)11-6-8-13(16)9-7-11/h2-9H,10,16H2,1H3,(H,17,18). The summed E-state index contributed by atoms with van der Waals surface area (Å²) >= 11 is 0. The van der Waals surface area contributed by atoms with Crippen LogP contribution in [0.15, 0.2) is 48.5 Å². The van der Waals surface area contributed by atoms with Gasteiger partial charge in [-0.1, -0.05) is 18.2 Å². The van der Waals surface area contributed by atoms with Crippen LogP contribution in [0.1, 0.15) is 15.9 Å². The van der Waals surface area contributed by atoms with Crippen molar-refractivity contribution in [1.29, 1.82) is 0 Å². The molecule has 0 radical (unpaired) electrons. The van der Waals surface area contributed by atoms with Crippen molar-refractivity contribution in [1.82, 2.24) is 5.32 Å². The van der Waals surface area contributed by atoms with Crippen LogP contribution in [0.5, 0.6) is 5.75 Å². The molecule has 4 heteroatoms. The number of methoxy groups -OCH3 is 1. The quantitative estimate of drug-likeness (QED) is 0.824. The number of nitrogen functional groups attached to an aromatic ring is 1. The Morgan fingerprint density at radius 3 is 2.53 bits per heavy atom. The molecule has 0 spiro atoms. The fraction of sp³-hybridized carbons (Fsp3) is 0.133. The minimum absolute atomic E-state index is 0.133. The number of hydrogen-bond donors (Lipinski definition) is 2. The average molecular weight is 256 g/mol. The van der Waals surface area contributed by atoms with Gasteiger partial charge in [-0.25, -0.2) is 0 Å². The van der Waals surface area contributed by atoms with Gasteiger partial charge in [0.2, 0.25) is 0 Å². The molecule has 2 rings (SSSR count). The highest BCUT2D eigenvalue weighted by Crippen LogP contribution is 2.16. The minimum Gasteiger partial charge on any atom is -0.496 e. The number of nitrogens with two attached hydrogens (primary N) is 1. The molecule has 19 heavy (non-hydrogen) atoms. The second-order valence-electron chi connectivity index (χ2n) is 4.12. The third kappa shape index (κ3) is 3.25. The number of benzene rings is 2. The fourth-order valence-electron chi connectivity index (χ4n) is 1.76. The van der Waals surface area contributed by atoms with Crippen LogP contribution in [-0.2, 0) is 6.54 Å². The van der Waals surface area contributed by atoms with E-state index in [1.54, 1.807) is 31.4 Å². The van der Waals surface area contributed by atoms with E-state index in [4.69, 9.17) is 10.5 Å². The van der Waals surface area contributed by atoms with Gasteiger partial charge in [-0.05, 0) is 30.3 Å². The van der Waals surface area contributed by atoms with E-state index in [2.05, 4.69) is 5.32 Å². The second-order valence-corrected chi connectivity index (χ2v) is 4.12. The fourth-order valence-corrected chi connectivity index (χ4v) is 1.76. The molecule has 3 N–H and O–H groups in total.